The first-order chi connectivity index (χ1) is 12.1. The highest BCUT2D eigenvalue weighted by atomic mass is 79.9. The average molecular weight is 400 g/mol. The van der Waals surface area contributed by atoms with Crippen LogP contribution in [0.1, 0.15) is 5.56 Å². The summed E-state index contributed by atoms with van der Waals surface area (Å²) in [5.74, 6) is 0.307. The number of aromatic nitrogens is 2. The van der Waals surface area contributed by atoms with Crippen molar-refractivity contribution in [1.82, 2.24) is 9.97 Å². The van der Waals surface area contributed by atoms with Crippen molar-refractivity contribution in [3.05, 3.63) is 81.1 Å². The highest BCUT2D eigenvalue weighted by Crippen LogP contribution is 2.31. The van der Waals surface area contributed by atoms with Gasteiger partial charge in [-0.25, -0.2) is 9.97 Å². The number of anilines is 3. The normalized spacial score (nSPS) is 10.3. The average Bonchev–Trinajstić information content (AvgIpc) is 2.62. The van der Waals surface area contributed by atoms with Crippen LogP contribution in [0, 0.1) is 10.1 Å². The lowest BCUT2D eigenvalue weighted by atomic mass is 10.2. The summed E-state index contributed by atoms with van der Waals surface area (Å²) in [6.45, 7) is 0.427. The van der Waals surface area contributed by atoms with Crippen molar-refractivity contribution in [2.45, 2.75) is 6.54 Å². The van der Waals surface area contributed by atoms with E-state index in [1.807, 2.05) is 42.5 Å². The largest absolute Gasteiger partial charge is 0.360 e. The van der Waals surface area contributed by atoms with Gasteiger partial charge in [0.25, 0.3) is 0 Å². The summed E-state index contributed by atoms with van der Waals surface area (Å²) in [5, 5.41) is 17.5. The number of nitro groups is 1. The van der Waals surface area contributed by atoms with E-state index in [0.29, 0.717) is 12.2 Å². The number of hydrogen-bond acceptors (Lipinski definition) is 6. The quantitative estimate of drug-likeness (QED) is 0.468. The highest BCUT2D eigenvalue weighted by molar-refractivity contribution is 9.10. The third kappa shape index (κ3) is 4.30. The van der Waals surface area contributed by atoms with E-state index in [0.717, 1.165) is 10.0 Å². The van der Waals surface area contributed by atoms with E-state index in [4.69, 9.17) is 0 Å². The number of benzene rings is 2. The van der Waals surface area contributed by atoms with Crippen LogP contribution in [0.25, 0.3) is 0 Å². The second-order valence-corrected chi connectivity index (χ2v) is 6.06. The van der Waals surface area contributed by atoms with Gasteiger partial charge in [-0.2, -0.15) is 0 Å². The molecule has 1 heterocycles. The third-order valence-corrected chi connectivity index (χ3v) is 3.94. The Bertz CT molecular complexity index is 872. The lowest BCUT2D eigenvalue weighted by Gasteiger charge is -2.10. The summed E-state index contributed by atoms with van der Waals surface area (Å²) in [7, 11) is 0. The first-order valence-corrected chi connectivity index (χ1v) is 8.22. The number of halogens is 1. The SMILES string of the molecule is O=[N+]([O-])c1c(NCc2ccccc2)ncnc1Nc1ccc(Br)cc1. The molecule has 2 N–H and O–H groups in total. The molecule has 3 rings (SSSR count). The zero-order chi connectivity index (χ0) is 17.6. The van der Waals surface area contributed by atoms with Crippen LogP contribution in [-0.2, 0) is 6.54 Å². The van der Waals surface area contributed by atoms with Crippen molar-refractivity contribution in [1.29, 1.82) is 0 Å². The Labute approximate surface area is 152 Å². The minimum absolute atomic E-state index is 0.137. The lowest BCUT2D eigenvalue weighted by molar-refractivity contribution is -0.383. The summed E-state index contributed by atoms with van der Waals surface area (Å²) in [6.07, 6.45) is 1.29. The van der Waals surface area contributed by atoms with Gasteiger partial charge >= 0.3 is 5.69 Å². The molecule has 0 unspecified atom stereocenters. The first kappa shape index (κ1) is 16.8. The molecule has 0 saturated heterocycles. The molecule has 8 heteroatoms. The Balaban J connectivity index is 1.86. The zero-order valence-corrected chi connectivity index (χ0v) is 14.6. The fourth-order valence-corrected chi connectivity index (χ4v) is 2.49. The van der Waals surface area contributed by atoms with Crippen LogP contribution >= 0.6 is 15.9 Å². The molecule has 126 valence electrons. The van der Waals surface area contributed by atoms with Crippen molar-refractivity contribution >= 4 is 38.9 Å². The van der Waals surface area contributed by atoms with Gasteiger partial charge in [0.2, 0.25) is 11.6 Å². The van der Waals surface area contributed by atoms with Crippen molar-refractivity contribution in [2.24, 2.45) is 0 Å². The predicted octanol–water partition coefficient (Wildman–Crippen LogP) is 4.50. The monoisotopic (exact) mass is 399 g/mol. The molecular formula is C17H14BrN5O2. The minimum Gasteiger partial charge on any atom is -0.360 e. The van der Waals surface area contributed by atoms with Gasteiger partial charge in [0.15, 0.2) is 0 Å². The number of hydrogen-bond donors (Lipinski definition) is 2. The first-order valence-electron chi connectivity index (χ1n) is 7.43. The standard InChI is InChI=1S/C17H14BrN5O2/c18-13-6-8-14(9-7-13)22-17-15(23(24)25)16(20-11-21-17)19-10-12-4-2-1-3-5-12/h1-9,11H,10H2,(H2,19,20,21,22). The molecule has 3 aromatic rings. The van der Waals surface area contributed by atoms with Gasteiger partial charge in [-0.05, 0) is 29.8 Å². The van der Waals surface area contributed by atoms with E-state index in [1.54, 1.807) is 12.1 Å². The van der Waals surface area contributed by atoms with Crippen LogP contribution in [-0.4, -0.2) is 14.9 Å². The fourth-order valence-electron chi connectivity index (χ4n) is 2.22. The van der Waals surface area contributed by atoms with Crippen molar-refractivity contribution in [3.63, 3.8) is 0 Å². The molecule has 25 heavy (non-hydrogen) atoms. The predicted molar refractivity (Wildman–Crippen MR) is 99.9 cm³/mol. The van der Waals surface area contributed by atoms with Gasteiger partial charge in [-0.3, -0.25) is 10.1 Å². The molecule has 0 saturated carbocycles. The summed E-state index contributed by atoms with van der Waals surface area (Å²) in [6, 6.07) is 16.9. The van der Waals surface area contributed by atoms with Crippen molar-refractivity contribution in [2.75, 3.05) is 10.6 Å². The lowest BCUT2D eigenvalue weighted by Crippen LogP contribution is -2.08. The summed E-state index contributed by atoms with van der Waals surface area (Å²) >= 11 is 3.35. The van der Waals surface area contributed by atoms with Gasteiger partial charge < -0.3 is 10.6 Å². The topological polar surface area (TPSA) is 93.0 Å². The molecule has 0 aliphatic heterocycles. The van der Waals surface area contributed by atoms with E-state index < -0.39 is 4.92 Å². The maximum absolute atomic E-state index is 11.5. The summed E-state index contributed by atoms with van der Waals surface area (Å²) in [4.78, 5) is 19.1. The van der Waals surface area contributed by atoms with Crippen LogP contribution < -0.4 is 10.6 Å². The maximum Gasteiger partial charge on any atom is 0.353 e. The maximum atomic E-state index is 11.5. The number of nitrogens with one attached hydrogen (secondary N) is 2. The van der Waals surface area contributed by atoms with E-state index in [1.165, 1.54) is 6.33 Å². The second kappa shape index (κ2) is 7.71. The highest BCUT2D eigenvalue weighted by Gasteiger charge is 2.23. The fraction of sp³-hybridized carbons (Fsp3) is 0.0588. The molecule has 0 amide bonds. The molecule has 0 spiro atoms. The van der Waals surface area contributed by atoms with Crippen molar-refractivity contribution < 1.29 is 4.92 Å². The summed E-state index contributed by atoms with van der Waals surface area (Å²) < 4.78 is 0.917. The molecule has 0 bridgehead atoms. The van der Waals surface area contributed by atoms with Gasteiger partial charge in [-0.1, -0.05) is 46.3 Å². The van der Waals surface area contributed by atoms with E-state index in [-0.39, 0.29) is 17.3 Å². The Kier molecular flexibility index (Phi) is 5.20. The van der Waals surface area contributed by atoms with Gasteiger partial charge in [0, 0.05) is 16.7 Å². The molecule has 2 aromatic carbocycles. The second-order valence-electron chi connectivity index (χ2n) is 5.15. The van der Waals surface area contributed by atoms with Gasteiger partial charge in [0.05, 0.1) is 4.92 Å². The van der Waals surface area contributed by atoms with Crippen molar-refractivity contribution in [3.8, 4) is 0 Å². The zero-order valence-electron chi connectivity index (χ0n) is 13.0. The van der Waals surface area contributed by atoms with Crippen LogP contribution in [0.3, 0.4) is 0 Å². The molecule has 0 aliphatic rings. The Morgan fingerprint density at radius 1 is 1.00 bits per heavy atom. The molecule has 0 radical (unpaired) electrons. The van der Waals surface area contributed by atoms with E-state index in [9.17, 15) is 10.1 Å². The Morgan fingerprint density at radius 3 is 2.36 bits per heavy atom. The molecular weight excluding hydrogens is 386 g/mol. The Morgan fingerprint density at radius 2 is 1.68 bits per heavy atom. The molecule has 0 atom stereocenters. The molecule has 7 nitrogen and oxygen atoms in total. The molecule has 0 fully saturated rings. The summed E-state index contributed by atoms with van der Waals surface area (Å²) in [5.41, 5.74) is 1.50. The van der Waals surface area contributed by atoms with Crippen LogP contribution in [0.2, 0.25) is 0 Å². The molecule has 0 aliphatic carbocycles. The minimum atomic E-state index is -0.492. The van der Waals surface area contributed by atoms with Gasteiger partial charge in [0.1, 0.15) is 6.33 Å². The molecule has 1 aromatic heterocycles. The van der Waals surface area contributed by atoms with E-state index in [2.05, 4.69) is 36.5 Å². The number of nitrogens with zero attached hydrogens (tertiary/aromatic N) is 3. The number of rotatable bonds is 6. The van der Waals surface area contributed by atoms with Crippen LogP contribution in [0.4, 0.5) is 23.0 Å². The Hall–Kier alpha value is -3.00. The van der Waals surface area contributed by atoms with E-state index >= 15 is 0 Å². The van der Waals surface area contributed by atoms with Gasteiger partial charge in [-0.15, -0.1) is 0 Å². The smallest absolute Gasteiger partial charge is 0.353 e. The third-order valence-electron chi connectivity index (χ3n) is 3.41. The van der Waals surface area contributed by atoms with Crippen LogP contribution in [0.15, 0.2) is 65.4 Å². The van der Waals surface area contributed by atoms with Crippen LogP contribution in [0.5, 0.6) is 0 Å².